The molecule has 3 aliphatic rings. The van der Waals surface area contributed by atoms with E-state index in [0.717, 1.165) is 66.7 Å². The van der Waals surface area contributed by atoms with E-state index in [-0.39, 0.29) is 28.9 Å². The molecule has 3 heterocycles. The van der Waals surface area contributed by atoms with Crippen LogP contribution in [0.2, 0.25) is 0 Å². The predicted octanol–water partition coefficient (Wildman–Crippen LogP) is 3.23. The molecular formula is C37H26O18. The second-order valence-corrected chi connectivity index (χ2v) is 12.8. The number of carbonyl (C=O) groups excluding carboxylic acids is 2. The second-order valence-electron chi connectivity index (χ2n) is 12.8. The Hall–Kier alpha value is -7.60. The molecule has 11 N–H and O–H groups in total. The van der Waals surface area contributed by atoms with Crippen molar-refractivity contribution in [3.8, 4) is 80.5 Å². The molecule has 5 aromatic carbocycles. The summed E-state index contributed by atoms with van der Waals surface area (Å²) in [6.07, 6.45) is -3.15. The Labute approximate surface area is 306 Å². The van der Waals surface area contributed by atoms with Crippen molar-refractivity contribution in [2.75, 3.05) is 0 Å². The van der Waals surface area contributed by atoms with Gasteiger partial charge in [-0.2, -0.15) is 0 Å². The number of phenols is 10. The normalized spacial score (nSPS) is 21.9. The van der Waals surface area contributed by atoms with E-state index < -0.39 is 121 Å². The molecule has 18 nitrogen and oxygen atoms in total. The van der Waals surface area contributed by atoms with Gasteiger partial charge in [0.1, 0.15) is 46.2 Å². The maximum atomic E-state index is 14.2. The summed E-state index contributed by atoms with van der Waals surface area (Å²) in [5.41, 5.74) is -1.43. The average molecular weight is 759 g/mol. The number of Topliss-reactive ketones (excluding diaryl/α,β-unsaturated/α-hetero) is 1. The number of fused-ring (bicyclic) bond motifs is 4. The van der Waals surface area contributed by atoms with Gasteiger partial charge in [-0.3, -0.25) is 4.79 Å². The van der Waals surface area contributed by atoms with Crippen LogP contribution in [0.4, 0.5) is 0 Å². The van der Waals surface area contributed by atoms with Crippen LogP contribution in [0.5, 0.6) is 80.5 Å². The van der Waals surface area contributed by atoms with E-state index in [1.165, 1.54) is 0 Å². The third kappa shape index (κ3) is 5.14. The van der Waals surface area contributed by atoms with Crippen molar-refractivity contribution in [2.24, 2.45) is 0 Å². The first-order chi connectivity index (χ1) is 26.0. The minimum Gasteiger partial charge on any atom is -0.508 e. The number of esters is 1. The molecule has 3 aliphatic heterocycles. The van der Waals surface area contributed by atoms with E-state index in [1.54, 1.807) is 0 Å². The number of hydrogen-bond acceptors (Lipinski definition) is 18. The lowest BCUT2D eigenvalue weighted by molar-refractivity contribution is -0.316. The van der Waals surface area contributed by atoms with Crippen LogP contribution in [0, 0.1) is 0 Å². The van der Waals surface area contributed by atoms with E-state index in [4.69, 9.17) is 23.7 Å². The molecule has 4 atom stereocenters. The van der Waals surface area contributed by atoms with E-state index >= 15 is 0 Å². The Morgan fingerprint density at radius 3 is 2.02 bits per heavy atom. The monoisotopic (exact) mass is 758 g/mol. The van der Waals surface area contributed by atoms with Crippen molar-refractivity contribution >= 4 is 11.8 Å². The van der Waals surface area contributed by atoms with E-state index in [2.05, 4.69) is 0 Å². The molecule has 4 unspecified atom stereocenters. The maximum absolute atomic E-state index is 14.2. The average Bonchev–Trinajstić information content (AvgIpc) is 3.11. The molecule has 0 bridgehead atoms. The van der Waals surface area contributed by atoms with Crippen molar-refractivity contribution < 1.29 is 89.4 Å². The number of benzene rings is 5. The Morgan fingerprint density at radius 1 is 0.655 bits per heavy atom. The Balaban J connectivity index is 1.25. The van der Waals surface area contributed by atoms with Crippen LogP contribution >= 0.6 is 0 Å². The molecule has 0 aromatic heterocycles. The molecule has 0 radical (unpaired) electrons. The van der Waals surface area contributed by atoms with Crippen LogP contribution in [-0.4, -0.2) is 79.8 Å². The summed E-state index contributed by atoms with van der Waals surface area (Å²) >= 11 is 0. The highest BCUT2D eigenvalue weighted by Gasteiger charge is 2.71. The number of hydrogen-bond donors (Lipinski definition) is 11. The lowest BCUT2D eigenvalue weighted by Gasteiger charge is -2.50. The molecule has 8 rings (SSSR count). The maximum Gasteiger partial charge on any atom is 0.358 e. The molecule has 282 valence electrons. The Morgan fingerprint density at radius 2 is 1.33 bits per heavy atom. The van der Waals surface area contributed by atoms with E-state index in [0.29, 0.717) is 0 Å². The van der Waals surface area contributed by atoms with Gasteiger partial charge in [-0.25, -0.2) is 4.79 Å². The van der Waals surface area contributed by atoms with Gasteiger partial charge in [-0.1, -0.05) is 0 Å². The molecule has 18 heteroatoms. The van der Waals surface area contributed by atoms with Gasteiger partial charge < -0.3 is 79.9 Å². The van der Waals surface area contributed by atoms with Gasteiger partial charge in [0.15, 0.2) is 46.4 Å². The molecule has 0 saturated carbocycles. The van der Waals surface area contributed by atoms with Crippen LogP contribution in [-0.2, 0) is 16.9 Å². The topological polar surface area (TPSA) is 303 Å². The third-order valence-corrected chi connectivity index (χ3v) is 9.28. The Bertz CT molecular complexity index is 2470. The number of aromatic hydroxyl groups is 10. The molecule has 5 aromatic rings. The second kappa shape index (κ2) is 11.7. The Kier molecular flexibility index (Phi) is 7.34. The largest absolute Gasteiger partial charge is 0.508 e. The fourth-order valence-corrected chi connectivity index (χ4v) is 6.70. The first kappa shape index (κ1) is 34.5. The fraction of sp³-hybridized carbons (Fsp3) is 0.135. The van der Waals surface area contributed by atoms with Crippen LogP contribution in [0.25, 0.3) is 0 Å². The van der Waals surface area contributed by atoms with Gasteiger partial charge in [-0.05, 0) is 42.5 Å². The number of aliphatic hydroxyl groups is 1. The van der Waals surface area contributed by atoms with Gasteiger partial charge >= 0.3 is 17.5 Å². The van der Waals surface area contributed by atoms with Gasteiger partial charge in [0.2, 0.25) is 5.75 Å². The first-order valence-corrected chi connectivity index (χ1v) is 16.0. The predicted molar refractivity (Wildman–Crippen MR) is 178 cm³/mol. The highest BCUT2D eigenvalue weighted by molar-refractivity contribution is 6.08. The zero-order chi connectivity index (χ0) is 39.3. The van der Waals surface area contributed by atoms with Crippen molar-refractivity contribution in [1.29, 1.82) is 0 Å². The van der Waals surface area contributed by atoms with Crippen LogP contribution < -0.4 is 18.9 Å². The molecule has 0 fully saturated rings. The summed E-state index contributed by atoms with van der Waals surface area (Å²) in [6.45, 7) is 0. The van der Waals surface area contributed by atoms with Gasteiger partial charge in [0.25, 0.3) is 5.78 Å². The highest BCUT2D eigenvalue weighted by atomic mass is 16.8. The van der Waals surface area contributed by atoms with Crippen molar-refractivity contribution in [2.45, 2.75) is 30.2 Å². The SMILES string of the molecule is O=C(OC1Cc2c(O)cc(O)cc2OC1c1cc(O)c2c(c1)OC1(O)C(=O)c3c(O)cc(O)cc3OC1(c1ccc(O)c(O)c1)O2)c1cc(O)c(O)c(O)c1. The first-order valence-electron chi connectivity index (χ1n) is 16.0. The summed E-state index contributed by atoms with van der Waals surface area (Å²) in [5.74, 6) is -17.4. The lowest BCUT2D eigenvalue weighted by Crippen LogP contribution is -2.70. The molecule has 0 aliphatic carbocycles. The molecule has 0 amide bonds. The van der Waals surface area contributed by atoms with Crippen LogP contribution in [0.15, 0.2) is 66.7 Å². The van der Waals surface area contributed by atoms with Crippen molar-refractivity contribution in [3.63, 3.8) is 0 Å². The number of ether oxygens (including phenoxy) is 5. The van der Waals surface area contributed by atoms with E-state index in [9.17, 15) is 65.8 Å². The number of carbonyl (C=O) groups is 2. The number of ketones is 1. The summed E-state index contributed by atoms with van der Waals surface area (Å²) < 4.78 is 29.7. The highest BCUT2D eigenvalue weighted by Crippen LogP contribution is 2.58. The smallest absolute Gasteiger partial charge is 0.358 e. The molecule has 0 saturated heterocycles. The minimum absolute atomic E-state index is 0.0794. The summed E-state index contributed by atoms with van der Waals surface area (Å²) in [4.78, 5) is 27.5. The summed E-state index contributed by atoms with van der Waals surface area (Å²) in [5, 5.41) is 115. The fourth-order valence-electron chi connectivity index (χ4n) is 6.70. The summed E-state index contributed by atoms with van der Waals surface area (Å²) in [6, 6.07) is 10.6. The van der Waals surface area contributed by atoms with Crippen molar-refractivity contribution in [1.82, 2.24) is 0 Å². The molecule has 0 spiro atoms. The minimum atomic E-state index is -3.30. The quantitative estimate of drug-likeness (QED) is 0.0926. The van der Waals surface area contributed by atoms with Gasteiger partial charge in [0.05, 0.1) is 5.56 Å². The van der Waals surface area contributed by atoms with Crippen molar-refractivity contribution in [3.05, 3.63) is 94.5 Å². The molecule has 55 heavy (non-hydrogen) atoms. The third-order valence-electron chi connectivity index (χ3n) is 9.28. The lowest BCUT2D eigenvalue weighted by atomic mass is 9.85. The number of phenolic OH excluding ortho intramolecular Hbond substituents is 10. The molecular weight excluding hydrogens is 732 g/mol. The van der Waals surface area contributed by atoms with Gasteiger partial charge in [0, 0.05) is 47.4 Å². The standard InChI is InChI=1S/C37H26O18/c38-16-8-20(41)18-12-28(52-35(49)14-4-23(44)31(47)24(45)5-14)32(51-26(18)10-16)13-3-25(46)33-29(6-13)53-36(50)34(48)30-22(43)9-17(39)11-27(30)54-37(36,55-33)15-1-2-19(40)21(42)7-15/h1-11,28,32,38-47,50H,12H2. The number of rotatable bonds is 4. The zero-order valence-corrected chi connectivity index (χ0v) is 27.5. The van der Waals surface area contributed by atoms with Crippen LogP contribution in [0.1, 0.15) is 43.5 Å². The van der Waals surface area contributed by atoms with E-state index in [1.807, 2.05) is 0 Å². The van der Waals surface area contributed by atoms with Gasteiger partial charge in [-0.15, -0.1) is 0 Å². The summed E-state index contributed by atoms with van der Waals surface area (Å²) in [7, 11) is 0. The zero-order valence-electron chi connectivity index (χ0n) is 27.5. The van der Waals surface area contributed by atoms with Crippen LogP contribution in [0.3, 0.4) is 0 Å².